The Bertz CT molecular complexity index is 283. The van der Waals surface area contributed by atoms with E-state index in [4.69, 9.17) is 0 Å². The summed E-state index contributed by atoms with van der Waals surface area (Å²) < 4.78 is 27.9. The molecule has 0 aromatic rings. The highest BCUT2D eigenvalue weighted by Gasteiger charge is 2.21. The molecule has 68 valence electrons. The monoisotopic (exact) mass is 190 g/mol. The van der Waals surface area contributed by atoms with Gasteiger partial charge in [-0.05, 0) is 0 Å². The molecule has 6 heteroatoms. The quantitative estimate of drug-likeness (QED) is 0.576. The first kappa shape index (κ1) is 9.21. The lowest BCUT2D eigenvalue weighted by Gasteiger charge is -2.12. The molecule has 0 saturated heterocycles. The summed E-state index contributed by atoms with van der Waals surface area (Å²) in [6, 6.07) is 0. The smallest absolute Gasteiger partial charge is 0.273 e. The number of rotatable bonds is 4. The van der Waals surface area contributed by atoms with E-state index in [-0.39, 0.29) is 6.61 Å². The van der Waals surface area contributed by atoms with Crippen molar-refractivity contribution in [3.63, 3.8) is 0 Å². The summed E-state index contributed by atoms with van der Waals surface area (Å²) in [7, 11) is -3.61. The van der Waals surface area contributed by atoms with Crippen LogP contribution in [0.1, 0.15) is 0 Å². The molecule has 12 heavy (non-hydrogen) atoms. The zero-order valence-electron chi connectivity index (χ0n) is 6.51. The van der Waals surface area contributed by atoms with E-state index in [9.17, 15) is 8.42 Å². The predicted molar refractivity (Wildman–Crippen MR) is 45.1 cm³/mol. The number of nitrogens with zero attached hydrogens (tertiary/aromatic N) is 2. The molecule has 1 aliphatic rings. The molecule has 0 unspecified atom stereocenters. The van der Waals surface area contributed by atoms with E-state index < -0.39 is 10.3 Å². The van der Waals surface area contributed by atoms with Gasteiger partial charge in [-0.1, -0.05) is 6.08 Å². The van der Waals surface area contributed by atoms with Crippen molar-refractivity contribution in [2.45, 2.75) is 0 Å². The van der Waals surface area contributed by atoms with E-state index in [1.54, 1.807) is 0 Å². The summed E-state index contributed by atoms with van der Waals surface area (Å²) in [4.78, 5) is 3.76. The third-order valence-electron chi connectivity index (χ3n) is 1.28. The first-order chi connectivity index (χ1) is 5.67. The topological polar surface area (TPSA) is 59.0 Å². The fraction of sp³-hybridized carbons (Fsp3) is 0.500. The van der Waals surface area contributed by atoms with Gasteiger partial charge in [0, 0.05) is 0 Å². The van der Waals surface area contributed by atoms with Crippen molar-refractivity contribution in [3.05, 3.63) is 12.7 Å². The minimum absolute atomic E-state index is 0.00727. The van der Waals surface area contributed by atoms with Crippen LogP contribution in [0.4, 0.5) is 0 Å². The molecular weight excluding hydrogens is 180 g/mol. The summed E-state index contributed by atoms with van der Waals surface area (Å²) in [5.41, 5.74) is 0. The summed E-state index contributed by atoms with van der Waals surface area (Å²) in [5, 5.41) is 0. The first-order valence-electron chi connectivity index (χ1n) is 3.44. The van der Waals surface area contributed by atoms with Gasteiger partial charge >= 0.3 is 10.3 Å². The molecule has 5 nitrogen and oxygen atoms in total. The highest BCUT2D eigenvalue weighted by atomic mass is 32.2. The Balaban J connectivity index is 2.58. The van der Waals surface area contributed by atoms with E-state index in [2.05, 4.69) is 15.8 Å². The minimum Gasteiger partial charge on any atom is -0.273 e. The highest BCUT2D eigenvalue weighted by molar-refractivity contribution is 7.84. The van der Waals surface area contributed by atoms with Gasteiger partial charge in [0.1, 0.15) is 6.34 Å². The van der Waals surface area contributed by atoms with E-state index in [0.29, 0.717) is 13.1 Å². The molecule has 0 aromatic carbocycles. The Morgan fingerprint density at radius 2 is 2.50 bits per heavy atom. The van der Waals surface area contributed by atoms with Crippen molar-refractivity contribution in [2.75, 3.05) is 19.7 Å². The Morgan fingerprint density at radius 3 is 3.00 bits per heavy atom. The second-order valence-corrected chi connectivity index (χ2v) is 3.72. The standard InChI is InChI=1S/C6H10N2O3S/c1-2-5-11-12(9,10)8-4-3-7-6-8/h2,6H,1,3-5H2. The first-order valence-corrected chi connectivity index (χ1v) is 4.80. The van der Waals surface area contributed by atoms with Crippen molar-refractivity contribution < 1.29 is 12.6 Å². The summed E-state index contributed by atoms with van der Waals surface area (Å²) in [5.74, 6) is 0. The molecule has 0 N–H and O–H groups in total. The molecule has 0 atom stereocenters. The number of hydrogen-bond acceptors (Lipinski definition) is 4. The Morgan fingerprint density at radius 1 is 1.75 bits per heavy atom. The van der Waals surface area contributed by atoms with Gasteiger partial charge in [0.25, 0.3) is 0 Å². The van der Waals surface area contributed by atoms with Gasteiger partial charge in [0.2, 0.25) is 0 Å². The third-order valence-corrected chi connectivity index (χ3v) is 2.57. The van der Waals surface area contributed by atoms with Crippen LogP contribution in [-0.4, -0.2) is 38.8 Å². The Labute approximate surface area is 71.6 Å². The molecule has 0 fully saturated rings. The normalized spacial score (nSPS) is 16.8. The van der Waals surface area contributed by atoms with Crippen molar-refractivity contribution >= 4 is 16.6 Å². The maximum atomic E-state index is 11.2. The fourth-order valence-electron chi connectivity index (χ4n) is 0.734. The van der Waals surface area contributed by atoms with Crippen LogP contribution in [0.3, 0.4) is 0 Å². The second-order valence-electron chi connectivity index (χ2n) is 2.16. The van der Waals surface area contributed by atoms with Crippen LogP contribution >= 0.6 is 0 Å². The zero-order chi connectivity index (χ0) is 9.03. The lowest BCUT2D eigenvalue weighted by molar-refractivity contribution is 0.329. The van der Waals surface area contributed by atoms with Crippen molar-refractivity contribution in [1.82, 2.24) is 4.31 Å². The summed E-state index contributed by atoms with van der Waals surface area (Å²) in [6.07, 6.45) is 2.64. The second kappa shape index (κ2) is 3.68. The van der Waals surface area contributed by atoms with E-state index in [1.807, 2.05) is 0 Å². The molecule has 0 aliphatic carbocycles. The van der Waals surface area contributed by atoms with Crippen LogP contribution in [0.5, 0.6) is 0 Å². The molecule has 0 amide bonds. The highest BCUT2D eigenvalue weighted by Crippen LogP contribution is 2.04. The van der Waals surface area contributed by atoms with Gasteiger partial charge in [0.05, 0.1) is 19.7 Å². The Kier molecular flexibility index (Phi) is 2.83. The van der Waals surface area contributed by atoms with Crippen LogP contribution in [0, 0.1) is 0 Å². The average molecular weight is 190 g/mol. The van der Waals surface area contributed by atoms with E-state index >= 15 is 0 Å². The molecule has 1 rings (SSSR count). The maximum absolute atomic E-state index is 11.2. The largest absolute Gasteiger partial charge is 0.363 e. The molecule has 0 spiro atoms. The van der Waals surface area contributed by atoms with Gasteiger partial charge in [-0.15, -0.1) is 6.58 Å². The minimum atomic E-state index is -3.61. The summed E-state index contributed by atoms with van der Waals surface area (Å²) in [6.45, 7) is 4.20. The van der Waals surface area contributed by atoms with E-state index in [1.165, 1.54) is 12.4 Å². The van der Waals surface area contributed by atoms with Gasteiger partial charge in [-0.25, -0.2) is 8.49 Å². The Hall–Kier alpha value is -0.880. The molecule has 0 bridgehead atoms. The maximum Gasteiger partial charge on any atom is 0.363 e. The van der Waals surface area contributed by atoms with Crippen LogP contribution in [0.2, 0.25) is 0 Å². The molecular formula is C6H10N2O3S. The van der Waals surface area contributed by atoms with Crippen molar-refractivity contribution in [2.24, 2.45) is 4.99 Å². The van der Waals surface area contributed by atoms with Crippen LogP contribution in [0.15, 0.2) is 17.6 Å². The van der Waals surface area contributed by atoms with Gasteiger partial charge in [-0.3, -0.25) is 4.99 Å². The average Bonchev–Trinajstić information content (AvgIpc) is 2.53. The van der Waals surface area contributed by atoms with E-state index in [0.717, 1.165) is 4.31 Å². The number of aliphatic imine (C=N–C) groups is 1. The summed E-state index contributed by atoms with van der Waals surface area (Å²) >= 11 is 0. The van der Waals surface area contributed by atoms with Gasteiger partial charge in [0.15, 0.2) is 0 Å². The van der Waals surface area contributed by atoms with Crippen LogP contribution in [-0.2, 0) is 14.5 Å². The number of hydrogen-bond donors (Lipinski definition) is 0. The van der Waals surface area contributed by atoms with Gasteiger partial charge < -0.3 is 0 Å². The fourth-order valence-corrected chi connectivity index (χ4v) is 1.63. The van der Waals surface area contributed by atoms with Gasteiger partial charge in [-0.2, -0.15) is 8.42 Å². The lowest BCUT2D eigenvalue weighted by atomic mass is 10.7. The lowest BCUT2D eigenvalue weighted by Crippen LogP contribution is -2.29. The zero-order valence-corrected chi connectivity index (χ0v) is 7.33. The molecule has 0 saturated carbocycles. The molecule has 1 heterocycles. The SMILES string of the molecule is C=CCOS(=O)(=O)N1C=NCC1. The molecule has 0 aromatic heterocycles. The van der Waals surface area contributed by atoms with Crippen LogP contribution < -0.4 is 0 Å². The van der Waals surface area contributed by atoms with Crippen molar-refractivity contribution in [3.8, 4) is 0 Å². The van der Waals surface area contributed by atoms with Crippen molar-refractivity contribution in [1.29, 1.82) is 0 Å². The predicted octanol–water partition coefficient (Wildman–Crippen LogP) is -0.222. The molecule has 0 radical (unpaired) electrons. The molecule has 1 aliphatic heterocycles. The van der Waals surface area contributed by atoms with Crippen LogP contribution in [0.25, 0.3) is 0 Å². The third kappa shape index (κ3) is 2.05.